The SMILES string of the molecule is O=C(NC1CCN(c2ncc(C(F)(F)F)s2)CC1)C1CC1. The summed E-state index contributed by atoms with van der Waals surface area (Å²) in [6, 6.07) is 0.136. The fourth-order valence-corrected chi connectivity index (χ4v) is 3.26. The summed E-state index contributed by atoms with van der Waals surface area (Å²) in [4.78, 5) is 16.7. The van der Waals surface area contributed by atoms with Crippen molar-refractivity contribution in [1.82, 2.24) is 10.3 Å². The van der Waals surface area contributed by atoms with Crippen LogP contribution in [0.5, 0.6) is 0 Å². The molecule has 116 valence electrons. The molecule has 1 N–H and O–H groups in total. The molecule has 21 heavy (non-hydrogen) atoms. The molecule has 0 aromatic carbocycles. The molecule has 3 rings (SSSR count). The van der Waals surface area contributed by atoms with Crippen LogP contribution in [-0.4, -0.2) is 30.0 Å². The Hall–Kier alpha value is -1.31. The zero-order valence-corrected chi connectivity index (χ0v) is 12.1. The topological polar surface area (TPSA) is 45.2 Å². The van der Waals surface area contributed by atoms with Crippen molar-refractivity contribution in [2.45, 2.75) is 37.9 Å². The van der Waals surface area contributed by atoms with Crippen molar-refractivity contribution in [3.8, 4) is 0 Å². The molecule has 1 aliphatic heterocycles. The standard InChI is InChI=1S/C13H16F3N3OS/c14-13(15,16)10-7-17-12(21-10)19-5-3-9(4-6-19)18-11(20)8-1-2-8/h7-9H,1-6H2,(H,18,20). The second-order valence-electron chi connectivity index (χ2n) is 5.55. The number of nitrogens with zero attached hydrogens (tertiary/aromatic N) is 2. The number of hydrogen-bond donors (Lipinski definition) is 1. The van der Waals surface area contributed by atoms with E-state index in [2.05, 4.69) is 10.3 Å². The highest BCUT2D eigenvalue weighted by Gasteiger charge is 2.35. The molecule has 1 aromatic rings. The lowest BCUT2D eigenvalue weighted by Crippen LogP contribution is -2.45. The highest BCUT2D eigenvalue weighted by molar-refractivity contribution is 7.15. The van der Waals surface area contributed by atoms with Crippen molar-refractivity contribution in [2.24, 2.45) is 5.92 Å². The Bertz CT molecular complexity index is 519. The Kier molecular flexibility index (Phi) is 3.81. The molecule has 4 nitrogen and oxygen atoms in total. The van der Waals surface area contributed by atoms with Crippen LogP contribution in [0.3, 0.4) is 0 Å². The Morgan fingerprint density at radius 3 is 2.48 bits per heavy atom. The largest absolute Gasteiger partial charge is 0.427 e. The van der Waals surface area contributed by atoms with Crippen LogP contribution in [0.2, 0.25) is 0 Å². The van der Waals surface area contributed by atoms with Gasteiger partial charge in [-0.15, -0.1) is 0 Å². The van der Waals surface area contributed by atoms with E-state index in [1.54, 1.807) is 0 Å². The van der Waals surface area contributed by atoms with Crippen molar-refractivity contribution >= 4 is 22.4 Å². The first-order valence-corrected chi connectivity index (χ1v) is 7.83. The van der Waals surface area contributed by atoms with Crippen molar-refractivity contribution < 1.29 is 18.0 Å². The summed E-state index contributed by atoms with van der Waals surface area (Å²) in [7, 11) is 0. The summed E-state index contributed by atoms with van der Waals surface area (Å²) in [5, 5.41) is 3.43. The van der Waals surface area contributed by atoms with Crippen LogP contribution in [0.1, 0.15) is 30.6 Å². The first-order valence-electron chi connectivity index (χ1n) is 7.02. The van der Waals surface area contributed by atoms with Crippen LogP contribution >= 0.6 is 11.3 Å². The lowest BCUT2D eigenvalue weighted by molar-refractivity contribution is -0.134. The number of aromatic nitrogens is 1. The minimum absolute atomic E-state index is 0.127. The molecule has 2 heterocycles. The fourth-order valence-electron chi connectivity index (χ4n) is 2.42. The van der Waals surface area contributed by atoms with Gasteiger partial charge in [-0.1, -0.05) is 11.3 Å². The quantitative estimate of drug-likeness (QED) is 0.931. The van der Waals surface area contributed by atoms with E-state index in [9.17, 15) is 18.0 Å². The summed E-state index contributed by atoms with van der Waals surface area (Å²) in [5.41, 5.74) is 0. The number of rotatable bonds is 3. The second-order valence-corrected chi connectivity index (χ2v) is 6.56. The number of hydrogen-bond acceptors (Lipinski definition) is 4. The minimum atomic E-state index is -4.33. The van der Waals surface area contributed by atoms with Crippen LogP contribution < -0.4 is 10.2 Å². The van der Waals surface area contributed by atoms with E-state index < -0.39 is 11.1 Å². The van der Waals surface area contributed by atoms with Crippen LogP contribution in [0.4, 0.5) is 18.3 Å². The highest BCUT2D eigenvalue weighted by Crippen LogP contribution is 2.37. The molecule has 2 fully saturated rings. The molecule has 0 atom stereocenters. The van der Waals surface area contributed by atoms with Gasteiger partial charge in [-0.05, 0) is 25.7 Å². The van der Waals surface area contributed by atoms with Crippen molar-refractivity contribution in [1.29, 1.82) is 0 Å². The fraction of sp³-hybridized carbons (Fsp3) is 0.692. The van der Waals surface area contributed by atoms with Crippen LogP contribution in [-0.2, 0) is 11.0 Å². The number of amides is 1. The monoisotopic (exact) mass is 319 g/mol. The Balaban J connectivity index is 1.53. The third-order valence-corrected chi connectivity index (χ3v) is 4.94. The van der Waals surface area contributed by atoms with Gasteiger partial charge in [0.1, 0.15) is 4.88 Å². The van der Waals surface area contributed by atoms with Crippen molar-refractivity contribution in [2.75, 3.05) is 18.0 Å². The zero-order chi connectivity index (χ0) is 15.0. The summed E-state index contributed by atoms with van der Waals surface area (Å²) >= 11 is 0.679. The maximum Gasteiger partial charge on any atom is 0.427 e. The molecule has 1 aliphatic carbocycles. The van der Waals surface area contributed by atoms with Crippen molar-refractivity contribution in [3.63, 3.8) is 0 Å². The molecule has 8 heteroatoms. The minimum Gasteiger partial charge on any atom is -0.353 e. The van der Waals surface area contributed by atoms with Gasteiger partial charge in [-0.25, -0.2) is 4.98 Å². The third kappa shape index (κ3) is 3.48. The number of alkyl halides is 3. The van der Waals surface area contributed by atoms with E-state index in [4.69, 9.17) is 0 Å². The Morgan fingerprint density at radius 2 is 1.95 bits per heavy atom. The first-order chi connectivity index (χ1) is 9.93. The number of carbonyl (C=O) groups is 1. The lowest BCUT2D eigenvalue weighted by atomic mass is 10.1. The third-order valence-electron chi connectivity index (χ3n) is 3.83. The summed E-state index contributed by atoms with van der Waals surface area (Å²) in [6.07, 6.45) is 0.0141. The zero-order valence-electron chi connectivity index (χ0n) is 11.3. The number of nitrogens with one attached hydrogen (secondary N) is 1. The van der Waals surface area contributed by atoms with Gasteiger partial charge >= 0.3 is 6.18 Å². The van der Waals surface area contributed by atoms with Gasteiger partial charge in [0.15, 0.2) is 5.13 Å². The van der Waals surface area contributed by atoms with Crippen LogP contribution in [0, 0.1) is 5.92 Å². The number of thiazole rings is 1. The normalized spacial score (nSPS) is 20.6. The van der Waals surface area contributed by atoms with Crippen molar-refractivity contribution in [3.05, 3.63) is 11.1 Å². The van der Waals surface area contributed by atoms with Crippen LogP contribution in [0.15, 0.2) is 6.20 Å². The van der Waals surface area contributed by atoms with E-state index in [0.717, 1.165) is 31.9 Å². The van der Waals surface area contributed by atoms with Gasteiger partial charge in [0.2, 0.25) is 5.91 Å². The maximum absolute atomic E-state index is 12.6. The number of halogens is 3. The van der Waals surface area contributed by atoms with Gasteiger partial charge < -0.3 is 10.2 Å². The molecule has 1 amide bonds. The smallest absolute Gasteiger partial charge is 0.353 e. The molecular weight excluding hydrogens is 303 g/mol. The number of anilines is 1. The van der Waals surface area contributed by atoms with Gasteiger partial charge in [0.05, 0.1) is 6.20 Å². The lowest BCUT2D eigenvalue weighted by Gasteiger charge is -2.32. The molecule has 0 radical (unpaired) electrons. The summed E-state index contributed by atoms with van der Waals surface area (Å²) in [6.45, 7) is 1.25. The Labute approximate surface area is 124 Å². The predicted molar refractivity (Wildman–Crippen MR) is 73.2 cm³/mol. The number of piperidine rings is 1. The number of carbonyl (C=O) groups excluding carboxylic acids is 1. The van der Waals surface area contributed by atoms with Crippen LogP contribution in [0.25, 0.3) is 0 Å². The van der Waals surface area contributed by atoms with E-state index in [-0.39, 0.29) is 17.9 Å². The molecule has 1 aromatic heterocycles. The molecule has 0 bridgehead atoms. The molecule has 2 aliphatic rings. The van der Waals surface area contributed by atoms with Gasteiger partial charge in [0, 0.05) is 25.0 Å². The molecule has 0 spiro atoms. The maximum atomic E-state index is 12.6. The average molecular weight is 319 g/mol. The van der Waals surface area contributed by atoms with E-state index >= 15 is 0 Å². The second kappa shape index (κ2) is 5.47. The molecule has 1 saturated heterocycles. The van der Waals surface area contributed by atoms with E-state index in [1.165, 1.54) is 0 Å². The van der Waals surface area contributed by atoms with E-state index in [0.29, 0.717) is 29.6 Å². The predicted octanol–water partition coefficient (Wildman–Crippen LogP) is 2.66. The first kappa shape index (κ1) is 14.6. The van der Waals surface area contributed by atoms with Gasteiger partial charge in [0.25, 0.3) is 0 Å². The summed E-state index contributed by atoms with van der Waals surface area (Å²) in [5.74, 6) is 0.318. The summed E-state index contributed by atoms with van der Waals surface area (Å²) < 4.78 is 37.7. The Morgan fingerprint density at radius 1 is 1.29 bits per heavy atom. The average Bonchev–Trinajstić information content (AvgIpc) is 3.15. The highest BCUT2D eigenvalue weighted by atomic mass is 32.1. The van der Waals surface area contributed by atoms with E-state index in [1.807, 2.05) is 4.90 Å². The van der Waals surface area contributed by atoms with Gasteiger partial charge in [-0.3, -0.25) is 4.79 Å². The molecule has 1 saturated carbocycles. The molecule has 0 unspecified atom stereocenters. The molecular formula is C13H16F3N3OS. The van der Waals surface area contributed by atoms with Gasteiger partial charge in [-0.2, -0.15) is 13.2 Å².